The average Bonchev–Trinajstić information content (AvgIpc) is 2.39. The molecule has 0 aromatic heterocycles. The first-order chi connectivity index (χ1) is 9.08. The van der Waals surface area contributed by atoms with E-state index in [0.717, 1.165) is 22.4 Å². The maximum Gasteiger partial charge on any atom is 0.330 e. The molecular weight excluding hydrogens is 238 g/mol. The Morgan fingerprint density at radius 3 is 2.26 bits per heavy atom. The van der Waals surface area contributed by atoms with Crippen LogP contribution in [0, 0.1) is 13.8 Å². The van der Waals surface area contributed by atoms with Gasteiger partial charge in [-0.1, -0.05) is 48.0 Å². The Balaban J connectivity index is 2.29. The van der Waals surface area contributed by atoms with Crippen molar-refractivity contribution in [1.82, 2.24) is 0 Å². The highest BCUT2D eigenvalue weighted by atomic mass is 16.4. The lowest BCUT2D eigenvalue weighted by Crippen LogP contribution is -2.20. The standard InChI is InChI=1S/C16H17NO2/c1-11-7-9-13(10-8-11)15(16(18)19)17-14-6-4-3-5-12(14)2/h3-10,15,17H,1-2H3,(H,18,19)/t15-/m0/s1. The molecule has 0 saturated carbocycles. The number of hydrogen-bond acceptors (Lipinski definition) is 2. The van der Waals surface area contributed by atoms with Gasteiger partial charge in [0.15, 0.2) is 6.04 Å². The van der Waals surface area contributed by atoms with Crippen LogP contribution in [-0.2, 0) is 4.79 Å². The van der Waals surface area contributed by atoms with E-state index < -0.39 is 12.0 Å². The summed E-state index contributed by atoms with van der Waals surface area (Å²) in [6.07, 6.45) is 0. The molecule has 0 bridgehead atoms. The zero-order valence-corrected chi connectivity index (χ0v) is 11.1. The van der Waals surface area contributed by atoms with E-state index in [1.54, 1.807) is 0 Å². The molecule has 0 unspecified atom stereocenters. The van der Waals surface area contributed by atoms with E-state index in [-0.39, 0.29) is 0 Å². The SMILES string of the molecule is Cc1ccc([C@H](Nc2ccccc2C)C(=O)O)cc1. The van der Waals surface area contributed by atoms with Crippen LogP contribution < -0.4 is 5.32 Å². The third-order valence-electron chi connectivity index (χ3n) is 3.10. The normalized spacial score (nSPS) is 11.9. The fraction of sp³-hybridized carbons (Fsp3) is 0.188. The van der Waals surface area contributed by atoms with Crippen LogP contribution in [0.4, 0.5) is 5.69 Å². The average molecular weight is 255 g/mol. The number of nitrogens with one attached hydrogen (secondary N) is 1. The van der Waals surface area contributed by atoms with Crippen LogP contribution in [0.15, 0.2) is 48.5 Å². The summed E-state index contributed by atoms with van der Waals surface area (Å²) in [6, 6.07) is 14.5. The topological polar surface area (TPSA) is 49.3 Å². The number of benzene rings is 2. The molecule has 2 aromatic rings. The number of carbonyl (C=O) groups is 1. The fourth-order valence-corrected chi connectivity index (χ4v) is 1.94. The minimum Gasteiger partial charge on any atom is -0.479 e. The molecule has 0 saturated heterocycles. The maximum absolute atomic E-state index is 11.4. The number of hydrogen-bond donors (Lipinski definition) is 2. The molecule has 0 aliphatic carbocycles. The lowest BCUT2D eigenvalue weighted by atomic mass is 10.0. The second-order valence-electron chi connectivity index (χ2n) is 4.64. The van der Waals surface area contributed by atoms with Crippen molar-refractivity contribution in [1.29, 1.82) is 0 Å². The van der Waals surface area contributed by atoms with Crippen LogP contribution in [0.2, 0.25) is 0 Å². The first kappa shape index (κ1) is 13.1. The van der Waals surface area contributed by atoms with Gasteiger partial charge in [-0.25, -0.2) is 4.79 Å². The third-order valence-corrected chi connectivity index (χ3v) is 3.10. The summed E-state index contributed by atoms with van der Waals surface area (Å²) in [4.78, 5) is 11.4. The van der Waals surface area contributed by atoms with Gasteiger partial charge in [0.2, 0.25) is 0 Å². The van der Waals surface area contributed by atoms with Crippen molar-refractivity contribution < 1.29 is 9.90 Å². The summed E-state index contributed by atoms with van der Waals surface area (Å²) in [5.41, 5.74) is 3.74. The molecule has 1 atom stereocenters. The largest absolute Gasteiger partial charge is 0.479 e. The molecule has 0 spiro atoms. The Labute approximate surface area is 112 Å². The first-order valence-corrected chi connectivity index (χ1v) is 6.19. The summed E-state index contributed by atoms with van der Waals surface area (Å²) >= 11 is 0. The predicted octanol–water partition coefficient (Wildman–Crippen LogP) is 3.54. The van der Waals surface area contributed by atoms with Gasteiger partial charge in [-0.05, 0) is 31.0 Å². The van der Waals surface area contributed by atoms with E-state index >= 15 is 0 Å². The first-order valence-electron chi connectivity index (χ1n) is 6.19. The molecule has 3 heteroatoms. The van der Waals surface area contributed by atoms with Gasteiger partial charge in [-0.3, -0.25) is 0 Å². The van der Waals surface area contributed by atoms with Crippen LogP contribution in [0.25, 0.3) is 0 Å². The number of aryl methyl sites for hydroxylation is 2. The highest BCUT2D eigenvalue weighted by Gasteiger charge is 2.19. The maximum atomic E-state index is 11.4. The predicted molar refractivity (Wildman–Crippen MR) is 76.4 cm³/mol. The van der Waals surface area contributed by atoms with Crippen LogP contribution in [0.1, 0.15) is 22.7 Å². The molecule has 0 radical (unpaired) electrons. The van der Waals surface area contributed by atoms with E-state index in [2.05, 4.69) is 5.32 Å². The molecule has 3 nitrogen and oxygen atoms in total. The van der Waals surface area contributed by atoms with Gasteiger partial charge in [0.1, 0.15) is 0 Å². The van der Waals surface area contributed by atoms with Crippen molar-refractivity contribution in [2.75, 3.05) is 5.32 Å². The van der Waals surface area contributed by atoms with Crippen molar-refractivity contribution in [3.05, 3.63) is 65.2 Å². The Hall–Kier alpha value is -2.29. The Bertz CT molecular complexity index is 576. The molecule has 98 valence electrons. The number of carboxylic acids is 1. The van der Waals surface area contributed by atoms with Crippen molar-refractivity contribution in [2.24, 2.45) is 0 Å². The summed E-state index contributed by atoms with van der Waals surface area (Å²) in [7, 11) is 0. The number of carboxylic acid groups (broad SMARTS) is 1. The van der Waals surface area contributed by atoms with Crippen LogP contribution >= 0.6 is 0 Å². The Morgan fingerprint density at radius 1 is 1.05 bits per heavy atom. The molecule has 19 heavy (non-hydrogen) atoms. The lowest BCUT2D eigenvalue weighted by Gasteiger charge is -2.17. The number of anilines is 1. The molecule has 0 aliphatic rings. The van der Waals surface area contributed by atoms with Gasteiger partial charge in [-0.2, -0.15) is 0 Å². The Morgan fingerprint density at radius 2 is 1.68 bits per heavy atom. The number of rotatable bonds is 4. The van der Waals surface area contributed by atoms with Gasteiger partial charge >= 0.3 is 5.97 Å². The highest BCUT2D eigenvalue weighted by Crippen LogP contribution is 2.22. The quantitative estimate of drug-likeness (QED) is 0.878. The third kappa shape index (κ3) is 3.13. The fourth-order valence-electron chi connectivity index (χ4n) is 1.94. The number of para-hydroxylation sites is 1. The summed E-state index contributed by atoms with van der Waals surface area (Å²) in [6.45, 7) is 3.94. The second-order valence-corrected chi connectivity index (χ2v) is 4.64. The molecule has 2 N–H and O–H groups in total. The van der Waals surface area contributed by atoms with Crippen molar-refractivity contribution in [3.8, 4) is 0 Å². The van der Waals surface area contributed by atoms with Gasteiger partial charge in [0.25, 0.3) is 0 Å². The minimum absolute atomic E-state index is 0.735. The highest BCUT2D eigenvalue weighted by molar-refractivity contribution is 5.79. The van der Waals surface area contributed by atoms with Gasteiger partial charge in [0, 0.05) is 5.69 Å². The molecular formula is C16H17NO2. The monoisotopic (exact) mass is 255 g/mol. The van der Waals surface area contributed by atoms with E-state index in [4.69, 9.17) is 0 Å². The summed E-state index contributed by atoms with van der Waals surface area (Å²) < 4.78 is 0. The van der Waals surface area contributed by atoms with E-state index in [9.17, 15) is 9.90 Å². The molecule has 2 aromatic carbocycles. The van der Waals surface area contributed by atoms with Gasteiger partial charge in [-0.15, -0.1) is 0 Å². The number of aliphatic carboxylic acids is 1. The summed E-state index contributed by atoms with van der Waals surface area (Å²) in [5, 5.41) is 12.5. The molecule has 0 heterocycles. The Kier molecular flexibility index (Phi) is 3.85. The summed E-state index contributed by atoms with van der Waals surface area (Å²) in [5.74, 6) is -0.882. The molecule has 0 fully saturated rings. The van der Waals surface area contributed by atoms with Crippen molar-refractivity contribution in [3.63, 3.8) is 0 Å². The van der Waals surface area contributed by atoms with Crippen LogP contribution in [0.5, 0.6) is 0 Å². The smallest absolute Gasteiger partial charge is 0.330 e. The zero-order valence-electron chi connectivity index (χ0n) is 11.1. The zero-order chi connectivity index (χ0) is 13.8. The van der Waals surface area contributed by atoms with E-state index in [1.165, 1.54) is 0 Å². The van der Waals surface area contributed by atoms with Crippen LogP contribution in [-0.4, -0.2) is 11.1 Å². The minimum atomic E-state index is -0.882. The van der Waals surface area contributed by atoms with Crippen molar-refractivity contribution >= 4 is 11.7 Å². The van der Waals surface area contributed by atoms with Gasteiger partial charge in [0.05, 0.1) is 0 Å². The van der Waals surface area contributed by atoms with E-state index in [1.807, 2.05) is 62.4 Å². The van der Waals surface area contributed by atoms with Gasteiger partial charge < -0.3 is 10.4 Å². The van der Waals surface area contributed by atoms with Crippen molar-refractivity contribution in [2.45, 2.75) is 19.9 Å². The second kappa shape index (κ2) is 5.57. The molecule has 2 rings (SSSR count). The molecule has 0 aliphatic heterocycles. The molecule has 0 amide bonds. The van der Waals surface area contributed by atoms with Crippen LogP contribution in [0.3, 0.4) is 0 Å². The lowest BCUT2D eigenvalue weighted by molar-refractivity contribution is -0.138. The van der Waals surface area contributed by atoms with E-state index in [0.29, 0.717) is 0 Å².